The van der Waals surface area contributed by atoms with Gasteiger partial charge in [0.1, 0.15) is 6.54 Å². The summed E-state index contributed by atoms with van der Waals surface area (Å²) in [4.78, 5) is 18.5. The number of hydrogen-bond acceptors (Lipinski definition) is 3. The zero-order valence-corrected chi connectivity index (χ0v) is 16.9. The van der Waals surface area contributed by atoms with Gasteiger partial charge < -0.3 is 20.9 Å². The van der Waals surface area contributed by atoms with Crippen LogP contribution in [0.3, 0.4) is 0 Å². The fourth-order valence-electron chi connectivity index (χ4n) is 2.38. The smallest absolute Gasteiger partial charge is 0.242 e. The van der Waals surface area contributed by atoms with Crippen molar-refractivity contribution in [3.05, 3.63) is 0 Å². The molecule has 1 unspecified atom stereocenters. The zero-order valence-electron chi connectivity index (χ0n) is 14.5. The van der Waals surface area contributed by atoms with E-state index < -0.39 is 0 Å². The maximum absolute atomic E-state index is 11.8. The molecule has 0 aromatic rings. The largest absolute Gasteiger partial charge is 0.357 e. The van der Waals surface area contributed by atoms with Crippen LogP contribution in [0.4, 0.5) is 0 Å². The van der Waals surface area contributed by atoms with Crippen molar-refractivity contribution in [3.63, 3.8) is 0 Å². The van der Waals surface area contributed by atoms with Crippen LogP contribution in [0.1, 0.15) is 34.1 Å². The summed E-state index contributed by atoms with van der Waals surface area (Å²) >= 11 is 0. The van der Waals surface area contributed by atoms with Crippen molar-refractivity contribution in [3.8, 4) is 0 Å². The first-order chi connectivity index (χ1) is 9.80. The Morgan fingerprint density at radius 3 is 2.50 bits per heavy atom. The van der Waals surface area contributed by atoms with Crippen LogP contribution in [0.5, 0.6) is 0 Å². The quantitative estimate of drug-likeness (QED) is 0.350. The molecule has 3 N–H and O–H groups in total. The Balaban J connectivity index is 0.00000441. The highest BCUT2D eigenvalue weighted by Crippen LogP contribution is 2.12. The van der Waals surface area contributed by atoms with E-state index in [1.54, 1.807) is 0 Å². The molecule has 6 nitrogen and oxygen atoms in total. The molecule has 1 atom stereocenters. The maximum Gasteiger partial charge on any atom is 0.242 e. The lowest BCUT2D eigenvalue weighted by Crippen LogP contribution is -2.44. The van der Waals surface area contributed by atoms with E-state index in [0.29, 0.717) is 5.92 Å². The lowest BCUT2D eigenvalue weighted by Gasteiger charge is -2.20. The van der Waals surface area contributed by atoms with Gasteiger partial charge in [0.05, 0.1) is 0 Å². The number of carbonyl (C=O) groups excluding carboxylic acids is 1. The molecule has 1 fully saturated rings. The summed E-state index contributed by atoms with van der Waals surface area (Å²) in [5.41, 5.74) is -0.215. The van der Waals surface area contributed by atoms with Crippen LogP contribution in [-0.2, 0) is 4.79 Å². The van der Waals surface area contributed by atoms with Crippen LogP contribution in [0.15, 0.2) is 4.99 Å². The van der Waals surface area contributed by atoms with E-state index in [2.05, 4.69) is 32.9 Å². The van der Waals surface area contributed by atoms with Crippen molar-refractivity contribution in [1.29, 1.82) is 0 Å². The van der Waals surface area contributed by atoms with E-state index in [1.165, 1.54) is 6.42 Å². The number of nitrogens with zero attached hydrogens (tertiary/aromatic N) is 2. The molecule has 130 valence electrons. The highest BCUT2D eigenvalue weighted by molar-refractivity contribution is 14.0. The Labute approximate surface area is 151 Å². The normalized spacial score (nSPS) is 19.5. The van der Waals surface area contributed by atoms with Crippen LogP contribution in [0, 0.1) is 5.92 Å². The van der Waals surface area contributed by atoms with Crippen molar-refractivity contribution in [2.75, 3.05) is 39.8 Å². The van der Waals surface area contributed by atoms with Gasteiger partial charge in [-0.3, -0.25) is 4.79 Å². The van der Waals surface area contributed by atoms with E-state index in [0.717, 1.165) is 32.1 Å². The third-order valence-corrected chi connectivity index (χ3v) is 3.29. The van der Waals surface area contributed by atoms with Gasteiger partial charge in [-0.25, -0.2) is 4.99 Å². The number of rotatable bonds is 5. The van der Waals surface area contributed by atoms with E-state index >= 15 is 0 Å². The average molecular weight is 425 g/mol. The topological polar surface area (TPSA) is 68.8 Å². The summed E-state index contributed by atoms with van der Waals surface area (Å²) in [5, 5.41) is 9.43. The first-order valence-electron chi connectivity index (χ1n) is 7.82. The molecule has 0 bridgehead atoms. The first-order valence-corrected chi connectivity index (χ1v) is 7.82. The van der Waals surface area contributed by atoms with Gasteiger partial charge in [-0.05, 0) is 53.6 Å². The Kier molecular flexibility index (Phi) is 9.99. The second-order valence-corrected chi connectivity index (χ2v) is 6.79. The molecule has 0 saturated carbocycles. The SMILES string of the molecule is CCNC(=NCC(=O)NC(C)(C)C)NCC1CCN(C)C1.I. The van der Waals surface area contributed by atoms with E-state index in [9.17, 15) is 4.79 Å². The molecule has 22 heavy (non-hydrogen) atoms. The number of aliphatic imine (C=N–C) groups is 1. The molecule has 7 heteroatoms. The minimum absolute atomic E-state index is 0. The van der Waals surface area contributed by atoms with Crippen molar-refractivity contribution in [1.82, 2.24) is 20.9 Å². The molecular weight excluding hydrogens is 393 g/mol. The summed E-state index contributed by atoms with van der Waals surface area (Å²) in [6, 6.07) is 0. The predicted molar refractivity (Wildman–Crippen MR) is 103 cm³/mol. The van der Waals surface area contributed by atoms with Gasteiger partial charge in [0.2, 0.25) is 5.91 Å². The van der Waals surface area contributed by atoms with E-state index in [1.807, 2.05) is 27.7 Å². The van der Waals surface area contributed by atoms with Crippen LogP contribution in [0.25, 0.3) is 0 Å². The fourth-order valence-corrected chi connectivity index (χ4v) is 2.38. The van der Waals surface area contributed by atoms with Crippen molar-refractivity contribution < 1.29 is 4.79 Å². The van der Waals surface area contributed by atoms with Gasteiger partial charge in [0.25, 0.3) is 0 Å². The standard InChI is InChI=1S/C15H31N5O.HI/c1-6-16-14(17-9-12-7-8-20(5)11-12)18-10-13(21)19-15(2,3)4;/h12H,6-11H2,1-5H3,(H,19,21)(H2,16,17,18);1H. The molecule has 1 heterocycles. The Bertz CT molecular complexity index is 367. The zero-order chi connectivity index (χ0) is 15.9. The van der Waals surface area contributed by atoms with E-state index in [4.69, 9.17) is 0 Å². The molecule has 0 aliphatic carbocycles. The number of guanidine groups is 1. The average Bonchev–Trinajstić information content (AvgIpc) is 2.76. The molecular formula is C15H32IN5O. The number of nitrogens with one attached hydrogen (secondary N) is 3. The Hall–Kier alpha value is -0.570. The highest BCUT2D eigenvalue weighted by Gasteiger charge is 2.19. The maximum atomic E-state index is 11.8. The van der Waals surface area contributed by atoms with Gasteiger partial charge in [-0.1, -0.05) is 0 Å². The molecule has 1 amide bonds. The molecule has 1 aliphatic heterocycles. The molecule has 0 radical (unpaired) electrons. The van der Waals surface area contributed by atoms with E-state index in [-0.39, 0.29) is 42.0 Å². The molecule has 1 rings (SSSR count). The van der Waals surface area contributed by atoms with Crippen LogP contribution in [-0.4, -0.2) is 62.1 Å². The fraction of sp³-hybridized carbons (Fsp3) is 0.867. The number of hydrogen-bond donors (Lipinski definition) is 3. The third-order valence-electron chi connectivity index (χ3n) is 3.29. The molecule has 1 saturated heterocycles. The second kappa shape index (κ2) is 10.3. The summed E-state index contributed by atoms with van der Waals surface area (Å²) in [6.45, 7) is 12.0. The minimum Gasteiger partial charge on any atom is -0.357 e. The van der Waals surface area contributed by atoms with Gasteiger partial charge >= 0.3 is 0 Å². The van der Waals surface area contributed by atoms with Crippen molar-refractivity contribution in [2.45, 2.75) is 39.7 Å². The Morgan fingerprint density at radius 2 is 2.00 bits per heavy atom. The summed E-state index contributed by atoms with van der Waals surface area (Å²) in [7, 11) is 2.15. The lowest BCUT2D eigenvalue weighted by atomic mass is 10.1. The number of halogens is 1. The molecule has 0 aromatic carbocycles. The molecule has 1 aliphatic rings. The van der Waals surface area contributed by atoms with Crippen LogP contribution >= 0.6 is 24.0 Å². The summed E-state index contributed by atoms with van der Waals surface area (Å²) in [5.74, 6) is 1.32. The monoisotopic (exact) mass is 425 g/mol. The highest BCUT2D eigenvalue weighted by atomic mass is 127. The third kappa shape index (κ3) is 9.45. The molecule has 0 spiro atoms. The number of carbonyl (C=O) groups is 1. The van der Waals surface area contributed by atoms with Gasteiger partial charge in [0, 0.05) is 25.2 Å². The minimum atomic E-state index is -0.215. The lowest BCUT2D eigenvalue weighted by molar-refractivity contribution is -0.121. The Morgan fingerprint density at radius 1 is 1.32 bits per heavy atom. The van der Waals surface area contributed by atoms with Gasteiger partial charge in [-0.15, -0.1) is 24.0 Å². The second-order valence-electron chi connectivity index (χ2n) is 6.79. The number of amides is 1. The first kappa shape index (κ1) is 21.4. The van der Waals surface area contributed by atoms with Crippen LogP contribution < -0.4 is 16.0 Å². The number of likely N-dealkylation sites (tertiary alicyclic amines) is 1. The predicted octanol–water partition coefficient (Wildman–Crippen LogP) is 1.03. The van der Waals surface area contributed by atoms with Crippen molar-refractivity contribution in [2.24, 2.45) is 10.9 Å². The van der Waals surface area contributed by atoms with Gasteiger partial charge in [0.15, 0.2) is 5.96 Å². The van der Waals surface area contributed by atoms with Crippen molar-refractivity contribution >= 4 is 35.8 Å². The summed E-state index contributed by atoms with van der Waals surface area (Å²) in [6.07, 6.45) is 1.22. The van der Waals surface area contributed by atoms with Crippen LogP contribution in [0.2, 0.25) is 0 Å². The van der Waals surface area contributed by atoms with Gasteiger partial charge in [-0.2, -0.15) is 0 Å². The molecule has 0 aromatic heterocycles. The summed E-state index contributed by atoms with van der Waals surface area (Å²) < 4.78 is 0.